The van der Waals surface area contributed by atoms with Gasteiger partial charge in [-0.1, -0.05) is 19.9 Å². The standard InChI is InChI=1S/C20H33N3O2.ClH/c1-5-20(6-2)16-12-15(19(21)24)9-8-14(16)13-17(25-4)18(20)23-11-7-10-22-3;/h8-9,12,17-18,22-23H,5-7,10-11,13H2,1-4H3,(H2,21,24);1H/t17-,18+;/m1./s1. The van der Waals surface area contributed by atoms with E-state index < -0.39 is 0 Å². The molecule has 1 aromatic rings. The molecule has 0 saturated carbocycles. The van der Waals surface area contributed by atoms with E-state index in [1.807, 2.05) is 19.2 Å². The summed E-state index contributed by atoms with van der Waals surface area (Å²) in [7, 11) is 3.77. The van der Waals surface area contributed by atoms with Gasteiger partial charge in [0.05, 0.1) is 6.10 Å². The molecule has 0 aliphatic heterocycles. The Labute approximate surface area is 163 Å². The van der Waals surface area contributed by atoms with Gasteiger partial charge in [-0.2, -0.15) is 0 Å². The number of hydrogen-bond acceptors (Lipinski definition) is 4. The molecule has 1 aliphatic rings. The monoisotopic (exact) mass is 383 g/mol. The van der Waals surface area contributed by atoms with Crippen LogP contribution in [0, 0.1) is 0 Å². The number of nitrogens with one attached hydrogen (secondary N) is 2. The largest absolute Gasteiger partial charge is 0.379 e. The van der Waals surface area contributed by atoms with Crippen molar-refractivity contribution >= 4 is 18.3 Å². The summed E-state index contributed by atoms with van der Waals surface area (Å²) in [5.74, 6) is -0.365. The Morgan fingerprint density at radius 2 is 2.00 bits per heavy atom. The second-order valence-electron chi connectivity index (χ2n) is 6.97. The van der Waals surface area contributed by atoms with Gasteiger partial charge in [0.1, 0.15) is 0 Å². The van der Waals surface area contributed by atoms with Crippen molar-refractivity contribution in [2.45, 2.75) is 57.1 Å². The van der Waals surface area contributed by atoms with E-state index in [9.17, 15) is 4.79 Å². The van der Waals surface area contributed by atoms with Gasteiger partial charge in [0.2, 0.25) is 5.91 Å². The molecule has 148 valence electrons. The number of carbonyl (C=O) groups excluding carboxylic acids is 1. The number of hydrogen-bond donors (Lipinski definition) is 3. The quantitative estimate of drug-likeness (QED) is 0.572. The van der Waals surface area contributed by atoms with Crippen LogP contribution in [-0.2, 0) is 16.6 Å². The van der Waals surface area contributed by atoms with Gasteiger partial charge in [0, 0.05) is 30.6 Å². The van der Waals surface area contributed by atoms with Crippen LogP contribution >= 0.6 is 12.4 Å². The molecular formula is C20H34ClN3O2. The van der Waals surface area contributed by atoms with Gasteiger partial charge in [-0.15, -0.1) is 12.4 Å². The lowest BCUT2D eigenvalue weighted by Gasteiger charge is -2.49. The Bertz CT molecular complexity index is 590. The minimum Gasteiger partial charge on any atom is -0.379 e. The molecule has 0 saturated heterocycles. The minimum atomic E-state index is -0.365. The van der Waals surface area contributed by atoms with E-state index in [1.165, 1.54) is 11.1 Å². The molecule has 0 unspecified atom stereocenters. The van der Waals surface area contributed by atoms with E-state index in [2.05, 4.69) is 30.5 Å². The van der Waals surface area contributed by atoms with Crippen LogP contribution < -0.4 is 16.4 Å². The Hall–Kier alpha value is -1.14. The molecule has 2 rings (SSSR count). The van der Waals surface area contributed by atoms with Crippen molar-refractivity contribution in [2.75, 3.05) is 27.2 Å². The Morgan fingerprint density at radius 1 is 1.31 bits per heavy atom. The zero-order valence-electron chi connectivity index (χ0n) is 16.4. The fourth-order valence-corrected chi connectivity index (χ4v) is 4.37. The molecule has 1 aliphatic carbocycles. The Morgan fingerprint density at radius 3 is 2.54 bits per heavy atom. The van der Waals surface area contributed by atoms with Crippen LogP contribution in [0.25, 0.3) is 0 Å². The molecule has 0 bridgehead atoms. The summed E-state index contributed by atoms with van der Waals surface area (Å²) >= 11 is 0. The molecule has 0 aromatic heterocycles. The third-order valence-corrected chi connectivity index (χ3v) is 5.85. The number of methoxy groups -OCH3 is 1. The summed E-state index contributed by atoms with van der Waals surface area (Å²) < 4.78 is 5.88. The molecule has 0 spiro atoms. The van der Waals surface area contributed by atoms with Crippen LogP contribution in [-0.4, -0.2) is 45.3 Å². The van der Waals surface area contributed by atoms with E-state index in [0.717, 1.165) is 38.8 Å². The Balaban J connectivity index is 0.00000338. The topological polar surface area (TPSA) is 76.4 Å². The first-order valence-corrected chi connectivity index (χ1v) is 9.38. The first-order chi connectivity index (χ1) is 12.0. The molecule has 4 N–H and O–H groups in total. The van der Waals surface area contributed by atoms with E-state index >= 15 is 0 Å². The highest BCUT2D eigenvalue weighted by atomic mass is 35.5. The highest BCUT2D eigenvalue weighted by Crippen LogP contribution is 2.44. The number of nitrogens with two attached hydrogens (primary N) is 1. The average Bonchev–Trinajstić information content (AvgIpc) is 2.63. The third kappa shape index (κ3) is 4.39. The lowest BCUT2D eigenvalue weighted by molar-refractivity contribution is 0.0245. The van der Waals surface area contributed by atoms with Gasteiger partial charge in [-0.05, 0) is 62.7 Å². The first-order valence-electron chi connectivity index (χ1n) is 9.38. The van der Waals surface area contributed by atoms with Crippen molar-refractivity contribution in [1.82, 2.24) is 10.6 Å². The molecule has 0 radical (unpaired) electrons. The van der Waals surface area contributed by atoms with Crippen molar-refractivity contribution in [3.05, 3.63) is 34.9 Å². The number of halogens is 1. The molecule has 1 aromatic carbocycles. The number of rotatable bonds is 9. The number of fused-ring (bicyclic) bond motifs is 1. The lowest BCUT2D eigenvalue weighted by Crippen LogP contribution is -2.59. The maximum atomic E-state index is 11.7. The molecule has 0 heterocycles. The van der Waals surface area contributed by atoms with Crippen LogP contribution in [0.15, 0.2) is 18.2 Å². The number of primary amides is 1. The molecular weight excluding hydrogens is 350 g/mol. The summed E-state index contributed by atoms with van der Waals surface area (Å²) in [5, 5.41) is 6.95. The van der Waals surface area contributed by atoms with Gasteiger partial charge in [0.25, 0.3) is 0 Å². The molecule has 6 heteroatoms. The summed E-state index contributed by atoms with van der Waals surface area (Å²) in [6.07, 6.45) is 4.03. The second kappa shape index (κ2) is 10.3. The van der Waals surface area contributed by atoms with Gasteiger partial charge >= 0.3 is 0 Å². The average molecular weight is 384 g/mol. The smallest absolute Gasteiger partial charge is 0.248 e. The molecule has 26 heavy (non-hydrogen) atoms. The van der Waals surface area contributed by atoms with E-state index in [1.54, 1.807) is 7.11 Å². The fraction of sp³-hybridized carbons (Fsp3) is 0.650. The highest BCUT2D eigenvalue weighted by Gasteiger charge is 2.46. The summed E-state index contributed by atoms with van der Waals surface area (Å²) in [4.78, 5) is 11.7. The van der Waals surface area contributed by atoms with Crippen molar-refractivity contribution in [3.63, 3.8) is 0 Å². The molecule has 0 fully saturated rings. The van der Waals surface area contributed by atoms with Crippen molar-refractivity contribution in [3.8, 4) is 0 Å². The molecule has 5 nitrogen and oxygen atoms in total. The van der Waals surface area contributed by atoms with E-state index in [4.69, 9.17) is 10.5 Å². The van der Waals surface area contributed by atoms with Crippen molar-refractivity contribution in [1.29, 1.82) is 0 Å². The van der Waals surface area contributed by atoms with E-state index in [-0.39, 0.29) is 35.9 Å². The zero-order chi connectivity index (χ0) is 18.4. The lowest BCUT2D eigenvalue weighted by atomic mass is 9.62. The summed E-state index contributed by atoms with van der Waals surface area (Å²) in [6, 6.07) is 6.13. The van der Waals surface area contributed by atoms with Gasteiger partial charge in [-0.25, -0.2) is 0 Å². The van der Waals surface area contributed by atoms with Crippen molar-refractivity contribution < 1.29 is 9.53 Å². The van der Waals surface area contributed by atoms with Gasteiger partial charge < -0.3 is 21.1 Å². The predicted molar refractivity (Wildman–Crippen MR) is 109 cm³/mol. The van der Waals surface area contributed by atoms with Crippen LogP contribution in [0.4, 0.5) is 0 Å². The van der Waals surface area contributed by atoms with Gasteiger partial charge in [0.15, 0.2) is 0 Å². The first kappa shape index (κ1) is 22.9. The predicted octanol–water partition coefficient (Wildman–Crippen LogP) is 2.40. The normalized spacial score (nSPS) is 20.9. The van der Waals surface area contributed by atoms with Gasteiger partial charge in [-0.3, -0.25) is 4.79 Å². The second-order valence-corrected chi connectivity index (χ2v) is 6.97. The fourth-order valence-electron chi connectivity index (χ4n) is 4.37. The maximum absolute atomic E-state index is 11.7. The SMILES string of the molecule is CCC1(CC)c2cc(C(N)=O)ccc2C[C@@H](OC)[C@@H]1NCCCNC.Cl. The third-order valence-electron chi connectivity index (χ3n) is 5.85. The highest BCUT2D eigenvalue weighted by molar-refractivity contribution is 5.93. The van der Waals surface area contributed by atoms with Crippen LogP contribution in [0.2, 0.25) is 0 Å². The summed E-state index contributed by atoms with van der Waals surface area (Å²) in [5.41, 5.74) is 8.60. The summed E-state index contributed by atoms with van der Waals surface area (Å²) in [6.45, 7) is 6.39. The number of amides is 1. The molecule has 1 amide bonds. The van der Waals surface area contributed by atoms with Crippen LogP contribution in [0.5, 0.6) is 0 Å². The van der Waals surface area contributed by atoms with Crippen molar-refractivity contribution in [2.24, 2.45) is 5.73 Å². The number of carbonyl (C=O) groups is 1. The number of benzene rings is 1. The number of ether oxygens (including phenoxy) is 1. The van der Waals surface area contributed by atoms with Crippen LogP contribution in [0.1, 0.15) is 54.6 Å². The molecule has 2 atom stereocenters. The maximum Gasteiger partial charge on any atom is 0.248 e. The minimum absolute atomic E-state index is 0. The zero-order valence-corrected chi connectivity index (χ0v) is 17.2. The van der Waals surface area contributed by atoms with E-state index in [0.29, 0.717) is 5.56 Å². The Kier molecular flexibility index (Phi) is 9.04. The van der Waals surface area contributed by atoms with Crippen LogP contribution in [0.3, 0.4) is 0 Å².